The van der Waals surface area contributed by atoms with Crippen LogP contribution in [0.25, 0.3) is 0 Å². The van der Waals surface area contributed by atoms with Crippen molar-refractivity contribution in [3.63, 3.8) is 0 Å². The molecule has 0 spiro atoms. The van der Waals surface area contributed by atoms with E-state index < -0.39 is 0 Å². The van der Waals surface area contributed by atoms with E-state index in [0.717, 1.165) is 11.7 Å². The van der Waals surface area contributed by atoms with Crippen LogP contribution in [0, 0.1) is 30.6 Å². The quantitative estimate of drug-likeness (QED) is 0.850. The first-order valence-electron chi connectivity index (χ1n) is 8.22. The smallest absolute Gasteiger partial charge is 0.126 e. The van der Waals surface area contributed by atoms with E-state index in [2.05, 4.69) is 52.1 Å². The number of fused-ring (bicyclic) bond motifs is 2. The predicted octanol–water partition coefficient (Wildman–Crippen LogP) is 4.94. The van der Waals surface area contributed by atoms with Gasteiger partial charge in [0.1, 0.15) is 5.75 Å². The normalized spacial score (nSPS) is 33.2. The number of rotatable bonds is 3. The molecule has 2 nitrogen and oxygen atoms in total. The molecule has 3 atom stereocenters. The molecule has 3 rings (SSSR count). The Kier molecular flexibility index (Phi) is 3.27. The van der Waals surface area contributed by atoms with Gasteiger partial charge in [0.05, 0.1) is 7.11 Å². The molecule has 2 saturated carbocycles. The van der Waals surface area contributed by atoms with Crippen molar-refractivity contribution < 1.29 is 4.74 Å². The third-order valence-electron chi connectivity index (χ3n) is 6.93. The van der Waals surface area contributed by atoms with Crippen LogP contribution in [0.15, 0.2) is 12.1 Å². The van der Waals surface area contributed by atoms with Gasteiger partial charge in [0.25, 0.3) is 0 Å². The second kappa shape index (κ2) is 4.66. The Morgan fingerprint density at radius 1 is 1.19 bits per heavy atom. The third-order valence-corrected chi connectivity index (χ3v) is 6.93. The number of nitrogens with one attached hydrogen (secondary N) is 1. The SMILES string of the molecule is COc1c(C)ccc(NC2CC3CCC2(C)C3(C)C)c1C. The molecule has 2 aliphatic rings. The molecule has 2 aliphatic carbocycles. The highest BCUT2D eigenvalue weighted by molar-refractivity contribution is 5.60. The van der Waals surface area contributed by atoms with Crippen LogP contribution in [-0.4, -0.2) is 13.2 Å². The van der Waals surface area contributed by atoms with Crippen LogP contribution in [0.2, 0.25) is 0 Å². The van der Waals surface area contributed by atoms with Gasteiger partial charge in [-0.3, -0.25) is 0 Å². The molecule has 2 fully saturated rings. The van der Waals surface area contributed by atoms with E-state index in [1.807, 2.05) is 0 Å². The molecule has 0 amide bonds. The van der Waals surface area contributed by atoms with E-state index >= 15 is 0 Å². The second-order valence-corrected chi connectivity index (χ2v) is 7.90. The average Bonchev–Trinajstić information content (AvgIpc) is 2.75. The molecule has 0 aliphatic heterocycles. The minimum Gasteiger partial charge on any atom is -0.496 e. The fourth-order valence-electron chi connectivity index (χ4n) is 4.91. The number of hydrogen-bond donors (Lipinski definition) is 1. The van der Waals surface area contributed by atoms with Gasteiger partial charge in [0.2, 0.25) is 0 Å². The second-order valence-electron chi connectivity index (χ2n) is 7.90. The molecule has 2 bridgehead atoms. The molecule has 21 heavy (non-hydrogen) atoms. The molecule has 2 heteroatoms. The summed E-state index contributed by atoms with van der Waals surface area (Å²) in [5.74, 6) is 1.89. The number of benzene rings is 1. The standard InChI is InChI=1S/C19H29NO/c1-12-7-8-15(13(2)17(12)21-6)20-16-11-14-9-10-19(16,5)18(14,3)4/h7-8,14,16,20H,9-11H2,1-6H3. The van der Waals surface area contributed by atoms with Crippen molar-refractivity contribution in [1.82, 2.24) is 0 Å². The van der Waals surface area contributed by atoms with Crippen LogP contribution < -0.4 is 10.1 Å². The lowest BCUT2D eigenvalue weighted by molar-refractivity contribution is 0.142. The molecule has 0 aromatic heterocycles. The summed E-state index contributed by atoms with van der Waals surface area (Å²) in [5, 5.41) is 3.86. The average molecular weight is 287 g/mol. The molecular formula is C19H29NO. The Morgan fingerprint density at radius 2 is 1.90 bits per heavy atom. The van der Waals surface area contributed by atoms with Gasteiger partial charge in [-0.25, -0.2) is 0 Å². The molecule has 0 heterocycles. The number of ether oxygens (including phenoxy) is 1. The van der Waals surface area contributed by atoms with E-state index in [0.29, 0.717) is 16.9 Å². The summed E-state index contributed by atoms with van der Waals surface area (Å²) in [7, 11) is 1.76. The molecular weight excluding hydrogens is 258 g/mol. The molecule has 116 valence electrons. The lowest BCUT2D eigenvalue weighted by Gasteiger charge is -2.40. The fourth-order valence-corrected chi connectivity index (χ4v) is 4.91. The highest BCUT2D eigenvalue weighted by Crippen LogP contribution is 2.66. The van der Waals surface area contributed by atoms with Gasteiger partial charge < -0.3 is 10.1 Å². The zero-order valence-electron chi connectivity index (χ0n) is 14.3. The maximum absolute atomic E-state index is 5.57. The van der Waals surface area contributed by atoms with Gasteiger partial charge in [0, 0.05) is 17.3 Å². The molecule has 3 unspecified atom stereocenters. The van der Waals surface area contributed by atoms with Crippen LogP contribution in [0.5, 0.6) is 5.75 Å². The van der Waals surface area contributed by atoms with E-state index in [4.69, 9.17) is 4.74 Å². The van der Waals surface area contributed by atoms with Crippen molar-refractivity contribution in [2.45, 2.75) is 59.9 Å². The zero-order valence-corrected chi connectivity index (χ0v) is 14.3. The highest BCUT2D eigenvalue weighted by atomic mass is 16.5. The first kappa shape index (κ1) is 14.7. The summed E-state index contributed by atoms with van der Waals surface area (Å²) in [4.78, 5) is 0. The van der Waals surface area contributed by atoms with E-state index in [1.165, 1.54) is 36.1 Å². The van der Waals surface area contributed by atoms with E-state index in [9.17, 15) is 0 Å². The fraction of sp³-hybridized carbons (Fsp3) is 0.684. The first-order valence-corrected chi connectivity index (χ1v) is 8.22. The Morgan fingerprint density at radius 3 is 2.43 bits per heavy atom. The Balaban J connectivity index is 1.89. The van der Waals surface area contributed by atoms with Crippen LogP contribution in [0.3, 0.4) is 0 Å². The third kappa shape index (κ3) is 1.91. The topological polar surface area (TPSA) is 21.3 Å². The maximum Gasteiger partial charge on any atom is 0.126 e. The minimum atomic E-state index is 0.405. The molecule has 1 aromatic rings. The summed E-state index contributed by atoms with van der Waals surface area (Å²) < 4.78 is 5.57. The lowest BCUT2D eigenvalue weighted by atomic mass is 9.69. The summed E-state index contributed by atoms with van der Waals surface area (Å²) >= 11 is 0. The predicted molar refractivity (Wildman–Crippen MR) is 89.1 cm³/mol. The minimum absolute atomic E-state index is 0.405. The van der Waals surface area contributed by atoms with Crippen LogP contribution >= 0.6 is 0 Å². The summed E-state index contributed by atoms with van der Waals surface area (Å²) in [6.07, 6.45) is 4.06. The number of aryl methyl sites for hydroxylation is 1. The summed E-state index contributed by atoms with van der Waals surface area (Å²) in [5.41, 5.74) is 4.55. The Hall–Kier alpha value is -1.18. The number of hydrogen-bond acceptors (Lipinski definition) is 2. The van der Waals surface area contributed by atoms with Gasteiger partial charge in [-0.05, 0) is 61.5 Å². The van der Waals surface area contributed by atoms with Crippen molar-refractivity contribution >= 4 is 5.69 Å². The molecule has 1 aromatic carbocycles. The first-order chi connectivity index (χ1) is 9.81. The van der Waals surface area contributed by atoms with Crippen molar-refractivity contribution in [1.29, 1.82) is 0 Å². The summed E-state index contributed by atoms with van der Waals surface area (Å²) in [6.45, 7) is 11.7. The van der Waals surface area contributed by atoms with Crippen molar-refractivity contribution in [3.8, 4) is 5.75 Å². The maximum atomic E-state index is 5.57. The van der Waals surface area contributed by atoms with E-state index in [1.54, 1.807) is 7.11 Å². The molecule has 1 N–H and O–H groups in total. The van der Waals surface area contributed by atoms with Gasteiger partial charge in [-0.1, -0.05) is 26.8 Å². The number of methoxy groups -OCH3 is 1. The van der Waals surface area contributed by atoms with E-state index in [-0.39, 0.29) is 0 Å². The summed E-state index contributed by atoms with van der Waals surface area (Å²) in [6, 6.07) is 4.96. The van der Waals surface area contributed by atoms with Gasteiger partial charge >= 0.3 is 0 Å². The molecule has 0 radical (unpaired) electrons. The largest absolute Gasteiger partial charge is 0.496 e. The van der Waals surface area contributed by atoms with Gasteiger partial charge in [0.15, 0.2) is 0 Å². The van der Waals surface area contributed by atoms with Crippen molar-refractivity contribution in [2.24, 2.45) is 16.7 Å². The number of anilines is 1. The monoisotopic (exact) mass is 287 g/mol. The Bertz CT molecular complexity index is 563. The van der Waals surface area contributed by atoms with Crippen LogP contribution in [0.1, 0.15) is 51.2 Å². The highest BCUT2D eigenvalue weighted by Gasteiger charge is 2.61. The van der Waals surface area contributed by atoms with Crippen molar-refractivity contribution in [3.05, 3.63) is 23.3 Å². The van der Waals surface area contributed by atoms with Crippen LogP contribution in [-0.2, 0) is 0 Å². The van der Waals surface area contributed by atoms with Crippen molar-refractivity contribution in [2.75, 3.05) is 12.4 Å². The van der Waals surface area contributed by atoms with Gasteiger partial charge in [-0.2, -0.15) is 0 Å². The van der Waals surface area contributed by atoms with Crippen LogP contribution in [0.4, 0.5) is 5.69 Å². The Labute approximate surface area is 129 Å². The van der Waals surface area contributed by atoms with Gasteiger partial charge in [-0.15, -0.1) is 0 Å². The molecule has 0 saturated heterocycles. The lowest BCUT2D eigenvalue weighted by Crippen LogP contribution is -2.40. The zero-order chi connectivity index (χ0) is 15.4.